The molecule has 0 aliphatic rings. The van der Waals surface area contributed by atoms with Gasteiger partial charge in [-0.1, -0.05) is 40.9 Å². The van der Waals surface area contributed by atoms with E-state index in [1.807, 2.05) is 0 Å². The molecule has 0 amide bonds. The Morgan fingerprint density at radius 3 is 2.27 bits per heavy atom. The van der Waals surface area contributed by atoms with Crippen molar-refractivity contribution < 1.29 is 22.7 Å². The molecule has 1 heterocycles. The number of aromatic nitrogens is 1. The highest BCUT2D eigenvalue weighted by atomic mass is 35.5. The lowest BCUT2D eigenvalue weighted by Gasteiger charge is -2.24. The highest BCUT2D eigenvalue weighted by Gasteiger charge is 2.28. The zero-order valence-corrected chi connectivity index (χ0v) is 18.0. The van der Waals surface area contributed by atoms with Crippen LogP contribution >= 0.6 is 34.8 Å². The normalized spacial score (nSPS) is 11.3. The van der Waals surface area contributed by atoms with Crippen molar-refractivity contribution in [2.24, 2.45) is 0 Å². The van der Waals surface area contributed by atoms with E-state index in [2.05, 4.69) is 4.98 Å². The summed E-state index contributed by atoms with van der Waals surface area (Å²) in [6.07, 6.45) is 1.22. The fourth-order valence-corrected chi connectivity index (χ4v) is 4.64. The zero-order valence-electron chi connectivity index (χ0n) is 14.9. The fourth-order valence-electron chi connectivity index (χ4n) is 2.57. The molecular weight excluding hydrogens is 478 g/mol. The maximum absolute atomic E-state index is 13.9. The summed E-state index contributed by atoms with van der Waals surface area (Å²) >= 11 is 17.7. The van der Waals surface area contributed by atoms with E-state index < -0.39 is 21.8 Å². The number of sulfonamides is 1. The van der Waals surface area contributed by atoms with E-state index in [0.29, 0.717) is 0 Å². The first kappa shape index (κ1) is 22.3. The van der Waals surface area contributed by atoms with Gasteiger partial charge in [0.15, 0.2) is 5.82 Å². The van der Waals surface area contributed by atoms with Crippen LogP contribution < -0.4 is 4.31 Å². The van der Waals surface area contributed by atoms with Crippen LogP contribution in [0.1, 0.15) is 15.9 Å². The predicted molar refractivity (Wildman–Crippen MR) is 112 cm³/mol. The average molecular weight is 490 g/mol. The van der Waals surface area contributed by atoms with Crippen LogP contribution in [0.25, 0.3) is 0 Å². The Labute approximate surface area is 186 Å². The molecule has 0 bridgehead atoms. The van der Waals surface area contributed by atoms with Gasteiger partial charge in [0.2, 0.25) is 0 Å². The molecule has 0 saturated carbocycles. The number of carboxylic acid groups (broad SMARTS) is 1. The summed E-state index contributed by atoms with van der Waals surface area (Å²) in [5.74, 6) is -2.04. The van der Waals surface area contributed by atoms with Crippen LogP contribution in [0, 0.1) is 5.82 Å². The summed E-state index contributed by atoms with van der Waals surface area (Å²) in [6.45, 7) is -0.314. The molecular formula is C19H12Cl3FN2O4S. The molecule has 0 saturated heterocycles. The second-order valence-corrected chi connectivity index (χ2v) is 9.16. The molecule has 30 heavy (non-hydrogen) atoms. The first-order chi connectivity index (χ1) is 14.1. The molecule has 0 radical (unpaired) electrons. The first-order valence-electron chi connectivity index (χ1n) is 8.20. The number of benzene rings is 2. The van der Waals surface area contributed by atoms with Crippen molar-refractivity contribution >= 4 is 56.6 Å². The third-order valence-electron chi connectivity index (χ3n) is 4.02. The standard InChI is InChI=1S/C19H12Cl3FN2O4S/c20-13-8-16(22)18(24-9-13)25(10-11-1-6-15(21)17(23)7-11)30(28,29)14-4-2-12(3-5-14)19(26)27/h1-9H,10H2,(H,26,27). The van der Waals surface area contributed by atoms with Gasteiger partial charge in [0.05, 0.1) is 32.1 Å². The van der Waals surface area contributed by atoms with E-state index in [1.54, 1.807) is 0 Å². The summed E-state index contributed by atoms with van der Waals surface area (Å²) in [5, 5.41) is 9.07. The maximum atomic E-state index is 13.9. The lowest BCUT2D eigenvalue weighted by atomic mass is 10.2. The Balaban J connectivity index is 2.11. The lowest BCUT2D eigenvalue weighted by Crippen LogP contribution is -2.31. The molecule has 0 fully saturated rings. The smallest absolute Gasteiger partial charge is 0.335 e. The van der Waals surface area contributed by atoms with E-state index in [1.165, 1.54) is 24.4 Å². The van der Waals surface area contributed by atoms with E-state index in [4.69, 9.17) is 39.9 Å². The molecule has 0 unspecified atom stereocenters. The lowest BCUT2D eigenvalue weighted by molar-refractivity contribution is 0.0696. The number of hydrogen-bond donors (Lipinski definition) is 1. The molecule has 156 valence electrons. The molecule has 3 aromatic rings. The Morgan fingerprint density at radius 1 is 1.03 bits per heavy atom. The monoisotopic (exact) mass is 488 g/mol. The van der Waals surface area contributed by atoms with Gasteiger partial charge in [-0.05, 0) is 48.0 Å². The largest absolute Gasteiger partial charge is 0.478 e. The van der Waals surface area contributed by atoms with E-state index >= 15 is 0 Å². The van der Waals surface area contributed by atoms with Gasteiger partial charge in [0, 0.05) is 6.20 Å². The highest BCUT2D eigenvalue weighted by Crippen LogP contribution is 2.32. The topological polar surface area (TPSA) is 87.6 Å². The molecule has 3 rings (SSSR count). The molecule has 2 aromatic carbocycles. The highest BCUT2D eigenvalue weighted by molar-refractivity contribution is 7.92. The zero-order chi connectivity index (χ0) is 22.1. The Bertz CT molecular complexity index is 1220. The van der Waals surface area contributed by atoms with E-state index in [9.17, 15) is 17.6 Å². The Kier molecular flexibility index (Phi) is 6.52. The van der Waals surface area contributed by atoms with E-state index in [-0.39, 0.29) is 43.5 Å². The summed E-state index contributed by atoms with van der Waals surface area (Å²) in [7, 11) is -4.26. The number of anilines is 1. The van der Waals surface area contributed by atoms with Gasteiger partial charge < -0.3 is 5.11 Å². The molecule has 6 nitrogen and oxygen atoms in total. The SMILES string of the molecule is O=C(O)c1ccc(S(=O)(=O)N(Cc2ccc(Cl)c(F)c2)c2ncc(Cl)cc2Cl)cc1. The van der Waals surface area contributed by atoms with Crippen molar-refractivity contribution in [1.29, 1.82) is 0 Å². The fraction of sp³-hybridized carbons (Fsp3) is 0.0526. The number of rotatable bonds is 6. The Morgan fingerprint density at radius 2 is 1.70 bits per heavy atom. The van der Waals surface area contributed by atoms with Crippen LogP contribution in [0.3, 0.4) is 0 Å². The molecule has 0 atom stereocenters. The molecule has 0 aliphatic carbocycles. The number of carbonyl (C=O) groups is 1. The minimum absolute atomic E-state index is 0.0392. The quantitative estimate of drug-likeness (QED) is 0.509. The first-order valence-corrected chi connectivity index (χ1v) is 10.8. The Hall–Kier alpha value is -2.39. The number of pyridine rings is 1. The average Bonchev–Trinajstić information content (AvgIpc) is 2.69. The van der Waals surface area contributed by atoms with Gasteiger partial charge in [-0.3, -0.25) is 0 Å². The van der Waals surface area contributed by atoms with Crippen LogP contribution in [0.2, 0.25) is 15.1 Å². The van der Waals surface area contributed by atoms with Crippen molar-refractivity contribution in [1.82, 2.24) is 4.98 Å². The van der Waals surface area contributed by atoms with Crippen LogP contribution in [-0.4, -0.2) is 24.5 Å². The summed E-state index contributed by atoms with van der Waals surface area (Å²) in [4.78, 5) is 14.9. The number of aromatic carboxylic acids is 1. The number of halogens is 4. The van der Waals surface area contributed by atoms with Crippen molar-refractivity contribution in [3.63, 3.8) is 0 Å². The maximum Gasteiger partial charge on any atom is 0.335 e. The predicted octanol–water partition coefficient (Wildman–Crippen LogP) is 5.27. The molecule has 0 aliphatic heterocycles. The number of nitrogens with zero attached hydrogens (tertiary/aromatic N) is 2. The van der Waals surface area contributed by atoms with Crippen LogP contribution in [0.15, 0.2) is 59.6 Å². The van der Waals surface area contributed by atoms with Crippen LogP contribution in [0.5, 0.6) is 0 Å². The second-order valence-electron chi connectivity index (χ2n) is 6.05. The van der Waals surface area contributed by atoms with Crippen molar-refractivity contribution in [3.8, 4) is 0 Å². The van der Waals surface area contributed by atoms with Crippen LogP contribution in [-0.2, 0) is 16.6 Å². The molecule has 11 heteroatoms. The van der Waals surface area contributed by atoms with Gasteiger partial charge in [-0.15, -0.1) is 0 Å². The third-order valence-corrected chi connectivity index (χ3v) is 6.57. The van der Waals surface area contributed by atoms with E-state index in [0.717, 1.165) is 34.6 Å². The third kappa shape index (κ3) is 4.67. The van der Waals surface area contributed by atoms with Crippen LogP contribution in [0.4, 0.5) is 10.2 Å². The molecule has 1 N–H and O–H groups in total. The second kappa shape index (κ2) is 8.77. The van der Waals surface area contributed by atoms with Crippen molar-refractivity contribution in [3.05, 3.63) is 86.7 Å². The number of carboxylic acids is 1. The van der Waals surface area contributed by atoms with Gasteiger partial charge in [0.25, 0.3) is 10.0 Å². The van der Waals surface area contributed by atoms with Gasteiger partial charge in [0.1, 0.15) is 5.82 Å². The van der Waals surface area contributed by atoms with Crippen molar-refractivity contribution in [2.75, 3.05) is 4.31 Å². The van der Waals surface area contributed by atoms with Gasteiger partial charge in [-0.2, -0.15) is 0 Å². The molecule has 1 aromatic heterocycles. The number of hydrogen-bond acceptors (Lipinski definition) is 4. The van der Waals surface area contributed by atoms with Gasteiger partial charge >= 0.3 is 5.97 Å². The van der Waals surface area contributed by atoms with Gasteiger partial charge in [-0.25, -0.2) is 26.9 Å². The minimum Gasteiger partial charge on any atom is -0.478 e. The summed E-state index contributed by atoms with van der Waals surface area (Å²) < 4.78 is 41.4. The summed E-state index contributed by atoms with van der Waals surface area (Å²) in [6, 6.07) is 9.81. The van der Waals surface area contributed by atoms with Crippen molar-refractivity contribution in [2.45, 2.75) is 11.4 Å². The molecule has 0 spiro atoms. The summed E-state index contributed by atoms with van der Waals surface area (Å²) in [5.41, 5.74) is 0.207. The minimum atomic E-state index is -4.26.